The molecule has 3 heteroatoms. The van der Waals surface area contributed by atoms with Crippen molar-refractivity contribution in [2.45, 2.75) is 46.1 Å². The van der Waals surface area contributed by atoms with Crippen LogP contribution in [0.4, 0.5) is 0 Å². The monoisotopic (exact) mass is 230 g/mol. The lowest BCUT2D eigenvalue weighted by Gasteiger charge is -2.38. The maximum absolute atomic E-state index is 11.2. The minimum atomic E-state index is -0.272. The van der Waals surface area contributed by atoms with Crippen molar-refractivity contribution in [2.75, 3.05) is 5.88 Å². The molecule has 0 saturated heterocycles. The largest absolute Gasteiger partial charge is 0.461 e. The summed E-state index contributed by atoms with van der Waals surface area (Å²) >= 11 is 5.47. The highest BCUT2D eigenvalue weighted by molar-refractivity contribution is 6.26. The van der Waals surface area contributed by atoms with Crippen LogP contribution in [0.1, 0.15) is 40.0 Å². The van der Waals surface area contributed by atoms with E-state index in [1.165, 1.54) is 12.8 Å². The zero-order chi connectivity index (χ0) is 11.3. The van der Waals surface area contributed by atoms with Crippen LogP contribution in [0.25, 0.3) is 0 Å². The molecule has 2 fully saturated rings. The molecule has 0 heterocycles. The van der Waals surface area contributed by atoms with Crippen molar-refractivity contribution in [1.29, 1.82) is 0 Å². The Labute approximate surface area is 96.3 Å². The number of ether oxygens (including phenoxy) is 1. The fraction of sp³-hybridized carbons (Fsp3) is 0.917. The van der Waals surface area contributed by atoms with Gasteiger partial charge in [-0.3, -0.25) is 4.79 Å². The summed E-state index contributed by atoms with van der Waals surface area (Å²) in [6.07, 6.45) is 3.55. The minimum Gasteiger partial charge on any atom is -0.461 e. The van der Waals surface area contributed by atoms with Gasteiger partial charge in [0.15, 0.2) is 0 Å². The van der Waals surface area contributed by atoms with Gasteiger partial charge in [0, 0.05) is 5.41 Å². The third-order valence-electron chi connectivity index (χ3n) is 5.10. The topological polar surface area (TPSA) is 26.3 Å². The molecule has 0 unspecified atom stereocenters. The molecule has 0 spiro atoms. The standard InChI is InChI=1S/C12H19ClO2/c1-11(2)8-4-5-12(11,3)9(6-8)15-10(14)7-13/h8-9H,4-7H2,1-3H3/t8-,9-,12-/m1/s1. The average Bonchev–Trinajstić information content (AvgIpc) is 2.50. The van der Waals surface area contributed by atoms with Crippen molar-refractivity contribution >= 4 is 17.6 Å². The molecule has 0 radical (unpaired) electrons. The molecule has 2 nitrogen and oxygen atoms in total. The van der Waals surface area contributed by atoms with Crippen LogP contribution in [0.2, 0.25) is 0 Å². The molecule has 2 bridgehead atoms. The van der Waals surface area contributed by atoms with E-state index >= 15 is 0 Å². The van der Waals surface area contributed by atoms with Crippen LogP contribution < -0.4 is 0 Å². The van der Waals surface area contributed by atoms with Gasteiger partial charge in [0.05, 0.1) is 0 Å². The summed E-state index contributed by atoms with van der Waals surface area (Å²) in [6, 6.07) is 0. The average molecular weight is 231 g/mol. The molecule has 0 aromatic carbocycles. The van der Waals surface area contributed by atoms with Gasteiger partial charge in [-0.25, -0.2) is 0 Å². The first kappa shape index (κ1) is 11.3. The van der Waals surface area contributed by atoms with Gasteiger partial charge >= 0.3 is 5.97 Å². The summed E-state index contributed by atoms with van der Waals surface area (Å²) in [5.41, 5.74) is 0.448. The van der Waals surface area contributed by atoms with E-state index in [9.17, 15) is 4.79 Å². The molecule has 0 amide bonds. The summed E-state index contributed by atoms with van der Waals surface area (Å²) in [6.45, 7) is 6.87. The van der Waals surface area contributed by atoms with Crippen molar-refractivity contribution in [2.24, 2.45) is 16.7 Å². The molecular formula is C12H19ClO2. The van der Waals surface area contributed by atoms with E-state index < -0.39 is 0 Å². The number of hydrogen-bond donors (Lipinski definition) is 0. The van der Waals surface area contributed by atoms with E-state index in [4.69, 9.17) is 16.3 Å². The van der Waals surface area contributed by atoms with Crippen molar-refractivity contribution in [3.8, 4) is 0 Å². The van der Waals surface area contributed by atoms with Crippen molar-refractivity contribution in [3.05, 3.63) is 0 Å². The number of hydrogen-bond acceptors (Lipinski definition) is 2. The van der Waals surface area contributed by atoms with Crippen LogP contribution in [0, 0.1) is 16.7 Å². The Kier molecular flexibility index (Phi) is 2.53. The maximum atomic E-state index is 11.2. The highest BCUT2D eigenvalue weighted by atomic mass is 35.5. The fourth-order valence-electron chi connectivity index (χ4n) is 3.50. The number of carbonyl (C=O) groups is 1. The minimum absolute atomic E-state index is 0.0301. The molecule has 2 saturated carbocycles. The molecule has 2 rings (SSSR count). The van der Waals surface area contributed by atoms with E-state index in [1.807, 2.05) is 0 Å². The second-order valence-electron chi connectivity index (χ2n) is 5.72. The van der Waals surface area contributed by atoms with E-state index in [0.29, 0.717) is 11.3 Å². The molecular weight excluding hydrogens is 212 g/mol. The van der Waals surface area contributed by atoms with E-state index in [0.717, 1.165) is 6.42 Å². The van der Waals surface area contributed by atoms with Gasteiger partial charge in [-0.15, -0.1) is 11.6 Å². The normalized spacial score (nSPS) is 41.9. The highest BCUT2D eigenvalue weighted by Gasteiger charge is 2.62. The van der Waals surface area contributed by atoms with E-state index in [2.05, 4.69) is 20.8 Å². The second-order valence-corrected chi connectivity index (χ2v) is 5.99. The Morgan fingerprint density at radius 3 is 2.53 bits per heavy atom. The molecule has 0 N–H and O–H groups in total. The van der Waals surface area contributed by atoms with E-state index in [1.54, 1.807) is 0 Å². The van der Waals surface area contributed by atoms with Gasteiger partial charge in [0.1, 0.15) is 12.0 Å². The Hall–Kier alpha value is -0.240. The molecule has 15 heavy (non-hydrogen) atoms. The molecule has 2 aliphatic carbocycles. The SMILES string of the molecule is CC1(C)[C@@H]2CC[C@]1(C)[C@H](OC(=O)CCl)C2. The quantitative estimate of drug-likeness (QED) is 0.539. The first-order valence-electron chi connectivity index (χ1n) is 5.67. The first-order valence-corrected chi connectivity index (χ1v) is 6.20. The molecule has 0 aromatic heterocycles. The summed E-state index contributed by atoms with van der Waals surface area (Å²) in [5, 5.41) is 0. The lowest BCUT2D eigenvalue weighted by molar-refractivity contribution is -0.153. The van der Waals surface area contributed by atoms with Gasteiger partial charge < -0.3 is 4.74 Å². The van der Waals surface area contributed by atoms with Gasteiger partial charge in [-0.1, -0.05) is 20.8 Å². The maximum Gasteiger partial charge on any atom is 0.321 e. The van der Waals surface area contributed by atoms with Gasteiger partial charge in [-0.2, -0.15) is 0 Å². The Balaban J connectivity index is 2.15. The van der Waals surface area contributed by atoms with Crippen LogP contribution in [0.5, 0.6) is 0 Å². The second kappa shape index (κ2) is 3.38. The number of halogens is 1. The first-order chi connectivity index (χ1) is 6.91. The number of fused-ring (bicyclic) bond motifs is 2. The molecule has 3 atom stereocenters. The van der Waals surface area contributed by atoms with Crippen LogP contribution in [0.3, 0.4) is 0 Å². The van der Waals surface area contributed by atoms with Gasteiger partial charge in [0.2, 0.25) is 0 Å². The smallest absolute Gasteiger partial charge is 0.321 e. The van der Waals surface area contributed by atoms with Crippen molar-refractivity contribution < 1.29 is 9.53 Å². The number of carbonyl (C=O) groups excluding carboxylic acids is 1. The summed E-state index contributed by atoms with van der Waals surface area (Å²) < 4.78 is 5.46. The van der Waals surface area contributed by atoms with Crippen LogP contribution in [0.15, 0.2) is 0 Å². The predicted molar refractivity (Wildman–Crippen MR) is 59.8 cm³/mol. The molecule has 0 aliphatic heterocycles. The lowest BCUT2D eigenvalue weighted by atomic mass is 9.70. The zero-order valence-corrected chi connectivity index (χ0v) is 10.4. The molecule has 2 aliphatic rings. The van der Waals surface area contributed by atoms with Crippen LogP contribution in [-0.4, -0.2) is 18.0 Å². The third kappa shape index (κ3) is 1.41. The Morgan fingerprint density at radius 1 is 1.47 bits per heavy atom. The number of esters is 1. The van der Waals surface area contributed by atoms with Crippen molar-refractivity contribution in [3.63, 3.8) is 0 Å². The number of rotatable bonds is 2. The van der Waals surface area contributed by atoms with Gasteiger partial charge in [0.25, 0.3) is 0 Å². The van der Waals surface area contributed by atoms with Gasteiger partial charge in [-0.05, 0) is 30.6 Å². The summed E-state index contributed by atoms with van der Waals surface area (Å²) in [5.74, 6) is 0.402. The summed E-state index contributed by atoms with van der Waals surface area (Å²) in [7, 11) is 0. The van der Waals surface area contributed by atoms with Crippen molar-refractivity contribution in [1.82, 2.24) is 0 Å². The predicted octanol–water partition coefficient (Wildman–Crippen LogP) is 2.98. The summed E-state index contributed by atoms with van der Waals surface area (Å²) in [4.78, 5) is 11.2. The zero-order valence-electron chi connectivity index (χ0n) is 9.68. The Morgan fingerprint density at radius 2 is 2.13 bits per heavy atom. The third-order valence-corrected chi connectivity index (χ3v) is 5.31. The van der Waals surface area contributed by atoms with Crippen LogP contribution >= 0.6 is 11.6 Å². The molecule has 86 valence electrons. The van der Waals surface area contributed by atoms with E-state index in [-0.39, 0.29) is 23.4 Å². The number of alkyl halides is 1. The van der Waals surface area contributed by atoms with Crippen LogP contribution in [-0.2, 0) is 9.53 Å². The Bertz CT molecular complexity index is 287. The lowest BCUT2D eigenvalue weighted by Crippen LogP contribution is -2.38. The molecule has 0 aromatic rings. The highest BCUT2D eigenvalue weighted by Crippen LogP contribution is 2.66. The fourth-order valence-corrected chi connectivity index (χ4v) is 3.56.